The van der Waals surface area contributed by atoms with Crippen molar-refractivity contribution < 1.29 is 0 Å². The number of hydrogen-bond acceptors (Lipinski definition) is 3. The highest BCUT2D eigenvalue weighted by Crippen LogP contribution is 2.53. The molecule has 11 aromatic rings. The molecule has 0 unspecified atom stereocenters. The molecule has 4 nitrogen and oxygen atoms in total. The van der Waals surface area contributed by atoms with Crippen LogP contribution in [0.3, 0.4) is 0 Å². The van der Waals surface area contributed by atoms with E-state index in [1.807, 2.05) is 36.4 Å². The Kier molecular flexibility index (Phi) is 7.54. The Hall–Kier alpha value is -7.69. The van der Waals surface area contributed by atoms with Gasteiger partial charge >= 0.3 is 0 Å². The molecule has 9 aromatic carbocycles. The fourth-order valence-electron chi connectivity index (χ4n) is 9.69. The van der Waals surface area contributed by atoms with Crippen molar-refractivity contribution in [2.24, 2.45) is 0 Å². The lowest BCUT2D eigenvalue weighted by Crippen LogP contribution is -2.15. The summed E-state index contributed by atoms with van der Waals surface area (Å²) in [6.07, 6.45) is 0. The van der Waals surface area contributed by atoms with Gasteiger partial charge < -0.3 is 4.57 Å². The standard InChI is InChI=1S/C56H38N4/c1-56(2)47-30-27-36-18-12-13-23-40(36)52(47)46-33-45-41-24-14-15-25-49(41)60(51(45)34-48(46)56)50-31-29-43(44-32-39(26-28-42(44)50)35-16-6-3-7-17-35)55-58-53(37-19-8-4-9-20-37)57-54(59-55)38-21-10-5-11-22-38/h3-34H,1-2H3. The molecule has 1 aliphatic carbocycles. The van der Waals surface area contributed by atoms with Crippen LogP contribution in [0.5, 0.6) is 0 Å². The minimum Gasteiger partial charge on any atom is -0.309 e. The summed E-state index contributed by atoms with van der Waals surface area (Å²) in [5.41, 5.74) is 13.8. The van der Waals surface area contributed by atoms with Crippen LogP contribution in [0.4, 0.5) is 0 Å². The van der Waals surface area contributed by atoms with Crippen LogP contribution in [0.2, 0.25) is 0 Å². The molecular formula is C56H38N4. The Bertz CT molecular complexity index is 3440. The highest BCUT2D eigenvalue weighted by Gasteiger charge is 2.37. The van der Waals surface area contributed by atoms with Crippen LogP contribution in [-0.2, 0) is 5.41 Å². The second-order valence-electron chi connectivity index (χ2n) is 16.4. The van der Waals surface area contributed by atoms with Gasteiger partial charge in [-0.2, -0.15) is 0 Å². The first-order valence-electron chi connectivity index (χ1n) is 20.6. The van der Waals surface area contributed by atoms with E-state index in [0.717, 1.165) is 44.3 Å². The van der Waals surface area contributed by atoms with Gasteiger partial charge in [-0.15, -0.1) is 0 Å². The third kappa shape index (κ3) is 5.20. The van der Waals surface area contributed by atoms with E-state index < -0.39 is 0 Å². The second kappa shape index (κ2) is 13.2. The van der Waals surface area contributed by atoms with Crippen LogP contribution < -0.4 is 0 Å². The molecule has 282 valence electrons. The minimum atomic E-state index is -0.174. The monoisotopic (exact) mass is 766 g/mol. The number of nitrogens with zero attached hydrogens (tertiary/aromatic N) is 4. The largest absolute Gasteiger partial charge is 0.309 e. The molecule has 0 amide bonds. The normalized spacial score (nSPS) is 13.0. The van der Waals surface area contributed by atoms with Crippen LogP contribution in [0.15, 0.2) is 194 Å². The summed E-state index contributed by atoms with van der Waals surface area (Å²) in [5.74, 6) is 1.92. The fraction of sp³-hybridized carbons (Fsp3) is 0.0536. The predicted molar refractivity (Wildman–Crippen MR) is 248 cm³/mol. The molecule has 2 heterocycles. The Morgan fingerprint density at radius 1 is 0.367 bits per heavy atom. The lowest BCUT2D eigenvalue weighted by atomic mass is 9.82. The molecule has 0 aliphatic heterocycles. The van der Waals surface area contributed by atoms with E-state index in [2.05, 4.69) is 176 Å². The van der Waals surface area contributed by atoms with E-state index in [0.29, 0.717) is 17.5 Å². The number of aromatic nitrogens is 4. The van der Waals surface area contributed by atoms with Gasteiger partial charge in [0.25, 0.3) is 0 Å². The van der Waals surface area contributed by atoms with Crippen molar-refractivity contribution >= 4 is 43.4 Å². The maximum atomic E-state index is 5.21. The maximum absolute atomic E-state index is 5.21. The Labute approximate surface area is 348 Å². The minimum absolute atomic E-state index is 0.174. The topological polar surface area (TPSA) is 43.6 Å². The third-order valence-corrected chi connectivity index (χ3v) is 12.6. The zero-order chi connectivity index (χ0) is 40.0. The van der Waals surface area contributed by atoms with Gasteiger partial charge in [0.2, 0.25) is 0 Å². The molecule has 0 saturated heterocycles. The number of para-hydroxylation sites is 1. The molecule has 0 radical (unpaired) electrons. The van der Waals surface area contributed by atoms with Crippen LogP contribution >= 0.6 is 0 Å². The molecular weight excluding hydrogens is 729 g/mol. The molecule has 1 aliphatic rings. The smallest absolute Gasteiger partial charge is 0.164 e. The summed E-state index contributed by atoms with van der Waals surface area (Å²) in [6.45, 7) is 4.76. The Morgan fingerprint density at radius 2 is 0.983 bits per heavy atom. The molecule has 0 bridgehead atoms. The van der Waals surface area contributed by atoms with Crippen molar-refractivity contribution in [1.82, 2.24) is 19.5 Å². The molecule has 0 N–H and O–H groups in total. The van der Waals surface area contributed by atoms with Gasteiger partial charge in [-0.05, 0) is 85.9 Å². The maximum Gasteiger partial charge on any atom is 0.164 e. The average Bonchev–Trinajstić information content (AvgIpc) is 3.75. The molecule has 0 atom stereocenters. The van der Waals surface area contributed by atoms with Crippen molar-refractivity contribution in [2.75, 3.05) is 0 Å². The summed E-state index contributed by atoms with van der Waals surface area (Å²) in [4.78, 5) is 15.4. The van der Waals surface area contributed by atoms with E-state index >= 15 is 0 Å². The van der Waals surface area contributed by atoms with E-state index in [1.54, 1.807) is 0 Å². The summed E-state index contributed by atoms with van der Waals surface area (Å²) in [6, 6.07) is 69.6. The zero-order valence-electron chi connectivity index (χ0n) is 33.3. The Balaban J connectivity index is 1.14. The van der Waals surface area contributed by atoms with E-state index in [4.69, 9.17) is 15.0 Å². The highest BCUT2D eigenvalue weighted by atomic mass is 15.0. The Morgan fingerprint density at radius 3 is 1.70 bits per heavy atom. The van der Waals surface area contributed by atoms with Gasteiger partial charge in [0.15, 0.2) is 17.5 Å². The molecule has 60 heavy (non-hydrogen) atoms. The lowest BCUT2D eigenvalue weighted by Gasteiger charge is -2.22. The predicted octanol–water partition coefficient (Wildman–Crippen LogP) is 14.2. The van der Waals surface area contributed by atoms with Gasteiger partial charge in [0.05, 0.1) is 16.7 Å². The van der Waals surface area contributed by atoms with Crippen LogP contribution in [-0.4, -0.2) is 19.5 Å². The van der Waals surface area contributed by atoms with Crippen molar-refractivity contribution in [3.05, 3.63) is 205 Å². The fourth-order valence-corrected chi connectivity index (χ4v) is 9.69. The second-order valence-corrected chi connectivity index (χ2v) is 16.4. The first-order chi connectivity index (χ1) is 29.5. The number of hydrogen-bond donors (Lipinski definition) is 0. The van der Waals surface area contributed by atoms with E-state index in [1.165, 1.54) is 54.8 Å². The summed E-state index contributed by atoms with van der Waals surface area (Å²) in [5, 5.41) is 7.25. The zero-order valence-corrected chi connectivity index (χ0v) is 33.3. The third-order valence-electron chi connectivity index (χ3n) is 12.6. The lowest BCUT2D eigenvalue weighted by molar-refractivity contribution is 0.661. The first kappa shape index (κ1) is 34.4. The molecule has 0 spiro atoms. The molecule has 4 heteroatoms. The van der Waals surface area contributed by atoms with Gasteiger partial charge in [-0.1, -0.05) is 172 Å². The first-order valence-corrected chi connectivity index (χ1v) is 20.6. The van der Waals surface area contributed by atoms with E-state index in [9.17, 15) is 0 Å². The van der Waals surface area contributed by atoms with Gasteiger partial charge in [-0.25, -0.2) is 15.0 Å². The van der Waals surface area contributed by atoms with E-state index in [-0.39, 0.29) is 5.41 Å². The quantitative estimate of drug-likeness (QED) is 0.175. The summed E-state index contributed by atoms with van der Waals surface area (Å²) < 4.78 is 2.48. The number of fused-ring (bicyclic) bond motifs is 9. The van der Waals surface area contributed by atoms with Gasteiger partial charge in [0.1, 0.15) is 0 Å². The summed E-state index contributed by atoms with van der Waals surface area (Å²) >= 11 is 0. The van der Waals surface area contributed by atoms with Gasteiger partial charge in [0, 0.05) is 38.3 Å². The SMILES string of the molecule is CC1(C)c2cc3c(cc2-c2c1ccc1ccccc21)c1ccccc1n3-c1ccc(-c2nc(-c3ccccc3)nc(-c3ccccc3)n2)c2cc(-c3ccccc3)ccc12. The van der Waals surface area contributed by atoms with Crippen molar-refractivity contribution in [3.63, 3.8) is 0 Å². The average molecular weight is 767 g/mol. The number of benzene rings is 9. The molecule has 2 aromatic heterocycles. The van der Waals surface area contributed by atoms with Crippen molar-refractivity contribution in [2.45, 2.75) is 19.3 Å². The highest BCUT2D eigenvalue weighted by molar-refractivity contribution is 6.15. The molecule has 12 rings (SSSR count). The van der Waals surface area contributed by atoms with Crippen molar-refractivity contribution in [1.29, 1.82) is 0 Å². The van der Waals surface area contributed by atoms with Crippen molar-refractivity contribution in [3.8, 4) is 62.1 Å². The van der Waals surface area contributed by atoms with Gasteiger partial charge in [-0.3, -0.25) is 0 Å². The summed E-state index contributed by atoms with van der Waals surface area (Å²) in [7, 11) is 0. The molecule has 0 saturated carbocycles. The van der Waals surface area contributed by atoms with Crippen LogP contribution in [0, 0.1) is 0 Å². The molecule has 0 fully saturated rings. The number of rotatable bonds is 5. The van der Waals surface area contributed by atoms with Crippen LogP contribution in [0.1, 0.15) is 25.0 Å². The van der Waals surface area contributed by atoms with Crippen LogP contribution in [0.25, 0.3) is 105 Å².